The van der Waals surface area contributed by atoms with E-state index in [1.165, 1.54) is 17.2 Å². The number of fused-ring (bicyclic) bond motifs is 1. The van der Waals surface area contributed by atoms with Gasteiger partial charge in [0.25, 0.3) is 11.8 Å². The molecule has 0 radical (unpaired) electrons. The third-order valence-corrected chi connectivity index (χ3v) is 8.02. The number of ether oxygens (including phenoxy) is 5. The van der Waals surface area contributed by atoms with Crippen LogP contribution in [0.25, 0.3) is 0 Å². The number of hydrogen-bond donors (Lipinski definition) is 2. The molecule has 3 aromatic rings. The number of hydrogen-bond acceptors (Lipinski definition) is 10. The van der Waals surface area contributed by atoms with E-state index in [1.807, 2.05) is 18.2 Å². The number of rotatable bonds is 9. The fourth-order valence-electron chi connectivity index (χ4n) is 5.30. The molecule has 2 aromatic carbocycles. The maximum Gasteiger partial charge on any atom is 0.408 e. The first kappa shape index (κ1) is 32.8. The highest BCUT2D eigenvalue weighted by molar-refractivity contribution is 6.03. The quantitative estimate of drug-likeness (QED) is 0.261. The van der Waals surface area contributed by atoms with Crippen molar-refractivity contribution in [1.29, 1.82) is 0 Å². The number of likely N-dealkylation sites (N-methyl/N-ethyl adjacent to an activating group) is 1. The lowest BCUT2D eigenvalue weighted by Crippen LogP contribution is -2.53. The standard InChI is InChI=1S/C35H37N5O8/c1-39-30-20-25(10-12-35(23-45-24-35)48-34(43)37-13-5-15-40-16-18-44-19-17-40)8-9-31(30)46-22-29(33(39)42)38-32(41)28-21-27(11-14-36-28)47-26-6-3-2-4-7-26/h2-4,6-9,11,14,20-21,29H,5,13,15-19,22-24H2,1H3,(H,37,43)(H,38,41)/t29-/m0/s1. The summed E-state index contributed by atoms with van der Waals surface area (Å²) in [7, 11) is 1.60. The Morgan fingerprint density at radius 1 is 1.04 bits per heavy atom. The maximum atomic E-state index is 13.4. The lowest BCUT2D eigenvalue weighted by molar-refractivity contribution is -0.142. The third kappa shape index (κ3) is 8.21. The first-order chi connectivity index (χ1) is 23.4. The van der Waals surface area contributed by atoms with Gasteiger partial charge in [0.1, 0.15) is 48.8 Å². The molecule has 250 valence electrons. The van der Waals surface area contributed by atoms with Crippen molar-refractivity contribution >= 4 is 23.6 Å². The number of anilines is 1. The van der Waals surface area contributed by atoms with Crippen LogP contribution >= 0.6 is 0 Å². The number of nitrogens with zero attached hydrogens (tertiary/aromatic N) is 3. The van der Waals surface area contributed by atoms with Crippen LogP contribution in [0.5, 0.6) is 17.2 Å². The number of carbonyl (C=O) groups is 3. The molecule has 1 aromatic heterocycles. The Labute approximate surface area is 278 Å². The highest BCUT2D eigenvalue weighted by atomic mass is 16.6. The number of benzene rings is 2. The highest BCUT2D eigenvalue weighted by Gasteiger charge is 2.41. The lowest BCUT2D eigenvalue weighted by Gasteiger charge is -2.35. The van der Waals surface area contributed by atoms with Crippen LogP contribution in [0.3, 0.4) is 0 Å². The second kappa shape index (κ2) is 15.2. The van der Waals surface area contributed by atoms with Gasteiger partial charge in [0, 0.05) is 44.5 Å². The Morgan fingerprint density at radius 2 is 1.85 bits per heavy atom. The molecule has 0 spiro atoms. The van der Waals surface area contributed by atoms with Gasteiger partial charge in [0.15, 0.2) is 0 Å². The molecule has 0 unspecified atom stereocenters. The Kier molecular flexibility index (Phi) is 10.4. The monoisotopic (exact) mass is 655 g/mol. The zero-order chi connectivity index (χ0) is 33.3. The fourth-order valence-corrected chi connectivity index (χ4v) is 5.30. The van der Waals surface area contributed by atoms with Gasteiger partial charge in [-0.05, 0) is 55.3 Å². The number of aromatic nitrogens is 1. The van der Waals surface area contributed by atoms with E-state index >= 15 is 0 Å². The van der Waals surface area contributed by atoms with Crippen molar-refractivity contribution in [3.05, 3.63) is 78.1 Å². The predicted molar refractivity (Wildman–Crippen MR) is 174 cm³/mol. The molecule has 48 heavy (non-hydrogen) atoms. The van der Waals surface area contributed by atoms with Gasteiger partial charge in [-0.15, -0.1) is 0 Å². The lowest BCUT2D eigenvalue weighted by atomic mass is 10.0. The summed E-state index contributed by atoms with van der Waals surface area (Å²) < 4.78 is 28.1. The first-order valence-corrected chi connectivity index (χ1v) is 15.8. The zero-order valence-corrected chi connectivity index (χ0v) is 26.6. The summed E-state index contributed by atoms with van der Waals surface area (Å²) in [6.07, 6.45) is 1.72. The SMILES string of the molecule is CN1C(=O)[C@@H](NC(=O)c2cc(Oc3ccccc3)ccn2)COc2ccc(C#CC3(OC(=O)NCCCN4CCOCC4)COC3)cc21. The van der Waals surface area contributed by atoms with Crippen LogP contribution in [0.1, 0.15) is 22.5 Å². The van der Waals surface area contributed by atoms with E-state index in [2.05, 4.69) is 32.4 Å². The summed E-state index contributed by atoms with van der Waals surface area (Å²) in [5, 5.41) is 5.53. The number of alkyl carbamates (subject to hydrolysis) is 1. The van der Waals surface area contributed by atoms with Crippen molar-refractivity contribution < 1.29 is 38.1 Å². The van der Waals surface area contributed by atoms with Crippen LogP contribution in [0.15, 0.2) is 66.9 Å². The third-order valence-electron chi connectivity index (χ3n) is 8.02. The molecule has 4 heterocycles. The average molecular weight is 656 g/mol. The number of para-hydroxylation sites is 1. The van der Waals surface area contributed by atoms with Gasteiger partial charge in [-0.25, -0.2) is 4.79 Å². The predicted octanol–water partition coefficient (Wildman–Crippen LogP) is 2.60. The van der Waals surface area contributed by atoms with Gasteiger partial charge in [-0.2, -0.15) is 0 Å². The minimum absolute atomic E-state index is 0.0804. The molecule has 3 aliphatic rings. The van der Waals surface area contributed by atoms with Gasteiger partial charge >= 0.3 is 6.09 Å². The van der Waals surface area contributed by atoms with Crippen LogP contribution in [0.4, 0.5) is 10.5 Å². The first-order valence-electron chi connectivity index (χ1n) is 15.8. The van der Waals surface area contributed by atoms with Gasteiger partial charge in [-0.1, -0.05) is 24.1 Å². The highest BCUT2D eigenvalue weighted by Crippen LogP contribution is 2.32. The molecule has 13 heteroatoms. The van der Waals surface area contributed by atoms with E-state index in [0.29, 0.717) is 35.0 Å². The number of nitrogens with one attached hydrogen (secondary N) is 2. The summed E-state index contributed by atoms with van der Waals surface area (Å²) >= 11 is 0. The number of amides is 3. The van der Waals surface area contributed by atoms with Crippen LogP contribution in [0.2, 0.25) is 0 Å². The molecule has 6 rings (SSSR count). The molecule has 0 bridgehead atoms. The maximum absolute atomic E-state index is 13.4. The van der Waals surface area contributed by atoms with Gasteiger partial charge in [-0.3, -0.25) is 19.5 Å². The summed E-state index contributed by atoms with van der Waals surface area (Å²) in [5.74, 6) is 6.69. The molecule has 2 N–H and O–H groups in total. The van der Waals surface area contributed by atoms with Crippen LogP contribution in [-0.2, 0) is 19.0 Å². The molecule has 0 saturated carbocycles. The largest absolute Gasteiger partial charge is 0.489 e. The second-order valence-electron chi connectivity index (χ2n) is 11.6. The van der Waals surface area contributed by atoms with Crippen molar-refractivity contribution in [2.75, 3.05) is 71.2 Å². The minimum Gasteiger partial charge on any atom is -0.489 e. The minimum atomic E-state index is -1.06. The molecule has 1 atom stereocenters. The van der Waals surface area contributed by atoms with E-state index in [1.54, 1.807) is 43.4 Å². The van der Waals surface area contributed by atoms with E-state index in [9.17, 15) is 14.4 Å². The van der Waals surface area contributed by atoms with Crippen molar-refractivity contribution in [2.24, 2.45) is 0 Å². The smallest absolute Gasteiger partial charge is 0.408 e. The summed E-state index contributed by atoms with van der Waals surface area (Å²) in [6, 6.07) is 16.5. The molecule has 2 fully saturated rings. The number of morpholine rings is 1. The number of carbonyl (C=O) groups excluding carboxylic acids is 3. The summed E-state index contributed by atoms with van der Waals surface area (Å²) in [4.78, 5) is 46.9. The van der Waals surface area contributed by atoms with Crippen LogP contribution in [-0.4, -0.2) is 106 Å². The molecule has 0 aliphatic carbocycles. The van der Waals surface area contributed by atoms with E-state index in [0.717, 1.165) is 39.3 Å². The van der Waals surface area contributed by atoms with E-state index in [-0.39, 0.29) is 31.4 Å². The molecule has 2 saturated heterocycles. The van der Waals surface area contributed by atoms with Crippen molar-refractivity contribution in [1.82, 2.24) is 20.5 Å². The topological polar surface area (TPSA) is 141 Å². The normalized spacial score (nSPS) is 18.5. The second-order valence-corrected chi connectivity index (χ2v) is 11.6. The van der Waals surface area contributed by atoms with Crippen molar-refractivity contribution in [3.8, 4) is 29.1 Å². The van der Waals surface area contributed by atoms with Gasteiger partial charge in [0.2, 0.25) is 5.60 Å². The van der Waals surface area contributed by atoms with E-state index in [4.69, 9.17) is 23.7 Å². The molecule has 3 amide bonds. The Morgan fingerprint density at radius 3 is 2.62 bits per heavy atom. The van der Waals surface area contributed by atoms with Crippen molar-refractivity contribution in [3.63, 3.8) is 0 Å². The number of pyridine rings is 1. The Balaban J connectivity index is 1.05. The summed E-state index contributed by atoms with van der Waals surface area (Å²) in [6.45, 7) is 4.86. The van der Waals surface area contributed by atoms with Crippen molar-refractivity contribution in [2.45, 2.75) is 18.1 Å². The zero-order valence-electron chi connectivity index (χ0n) is 26.6. The van der Waals surface area contributed by atoms with Gasteiger partial charge in [0.05, 0.1) is 18.9 Å². The fraction of sp³-hybridized carbons (Fsp3) is 0.371. The Hall–Kier alpha value is -5.16. The molecular weight excluding hydrogens is 618 g/mol. The summed E-state index contributed by atoms with van der Waals surface area (Å²) in [5.41, 5.74) is 0.0973. The average Bonchev–Trinajstić information content (AvgIpc) is 3.20. The van der Waals surface area contributed by atoms with Crippen LogP contribution in [0, 0.1) is 11.8 Å². The van der Waals surface area contributed by atoms with E-state index < -0.39 is 23.6 Å². The van der Waals surface area contributed by atoms with Crippen LogP contribution < -0.4 is 25.0 Å². The molecule has 13 nitrogen and oxygen atoms in total. The molecular formula is C35H37N5O8. The Bertz CT molecular complexity index is 1680. The molecule has 3 aliphatic heterocycles. The van der Waals surface area contributed by atoms with Gasteiger partial charge < -0.3 is 39.2 Å².